The van der Waals surface area contributed by atoms with E-state index in [1.54, 1.807) is 6.20 Å². The standard InChI is InChI=1S/C27H27N5O2/c1-6-19-9-8-10-21(12-19)31-27-20(15-28)16-29-24-14-26(34-7-2)23(13-22(24)27)25(32(4)5)11-18(3)30-17-33/h1,8-10,12-14,16-17,25H,7,11H2,2-5H3,(H,29,31). The molecule has 2 aromatic carbocycles. The molecule has 3 aromatic rings. The molecular formula is C27H27N5O2. The molecule has 0 saturated heterocycles. The Morgan fingerprint density at radius 2 is 2.15 bits per heavy atom. The van der Waals surface area contributed by atoms with Gasteiger partial charge < -0.3 is 15.0 Å². The van der Waals surface area contributed by atoms with Gasteiger partial charge in [-0.25, -0.2) is 4.99 Å². The Kier molecular flexibility index (Phi) is 7.97. The van der Waals surface area contributed by atoms with E-state index in [4.69, 9.17) is 11.2 Å². The van der Waals surface area contributed by atoms with Crippen LogP contribution in [0.1, 0.15) is 43.0 Å². The van der Waals surface area contributed by atoms with Crippen LogP contribution in [0.2, 0.25) is 0 Å². The number of aliphatic imine (C=N–C) groups is 1. The molecule has 1 atom stereocenters. The van der Waals surface area contributed by atoms with Gasteiger partial charge in [-0.05, 0) is 52.2 Å². The number of aromatic nitrogens is 1. The monoisotopic (exact) mass is 453 g/mol. The van der Waals surface area contributed by atoms with Crippen molar-refractivity contribution in [2.24, 2.45) is 4.99 Å². The van der Waals surface area contributed by atoms with E-state index in [0.29, 0.717) is 47.7 Å². The highest BCUT2D eigenvalue weighted by Crippen LogP contribution is 2.38. The Balaban J connectivity index is 2.24. The first-order chi connectivity index (χ1) is 16.4. The van der Waals surface area contributed by atoms with E-state index >= 15 is 0 Å². The first kappa shape index (κ1) is 24.4. The number of terminal acetylenes is 1. The number of amides is 1. The van der Waals surface area contributed by atoms with Gasteiger partial charge in [-0.1, -0.05) is 12.0 Å². The molecule has 7 nitrogen and oxygen atoms in total. The predicted octanol–water partition coefficient (Wildman–Crippen LogP) is 4.84. The predicted molar refractivity (Wildman–Crippen MR) is 136 cm³/mol. The zero-order chi connectivity index (χ0) is 24.7. The van der Waals surface area contributed by atoms with Gasteiger partial charge in [0.05, 0.1) is 23.4 Å². The van der Waals surface area contributed by atoms with Crippen molar-refractivity contribution in [1.29, 1.82) is 5.26 Å². The Morgan fingerprint density at radius 3 is 2.79 bits per heavy atom. The molecule has 3 rings (SSSR count). The minimum absolute atomic E-state index is 0.113. The number of carbonyl (C=O) groups is 1. The molecule has 34 heavy (non-hydrogen) atoms. The molecule has 1 heterocycles. The van der Waals surface area contributed by atoms with Gasteiger partial charge in [0.25, 0.3) is 0 Å². The van der Waals surface area contributed by atoms with Crippen LogP contribution < -0.4 is 10.1 Å². The van der Waals surface area contributed by atoms with Crippen molar-refractivity contribution >= 4 is 34.4 Å². The van der Waals surface area contributed by atoms with Crippen LogP contribution in [-0.4, -0.2) is 42.7 Å². The van der Waals surface area contributed by atoms with Crippen LogP contribution in [-0.2, 0) is 4.79 Å². The van der Waals surface area contributed by atoms with E-state index in [1.807, 2.05) is 64.3 Å². The maximum atomic E-state index is 10.9. The molecule has 0 saturated carbocycles. The summed E-state index contributed by atoms with van der Waals surface area (Å²) in [6.07, 6.45) is 8.20. The van der Waals surface area contributed by atoms with E-state index < -0.39 is 0 Å². The third kappa shape index (κ3) is 5.40. The molecule has 0 bridgehead atoms. The van der Waals surface area contributed by atoms with Gasteiger partial charge in [-0.2, -0.15) is 5.26 Å². The minimum Gasteiger partial charge on any atom is -0.493 e. The van der Waals surface area contributed by atoms with Gasteiger partial charge in [0.1, 0.15) is 11.8 Å². The normalized spacial score (nSPS) is 12.1. The van der Waals surface area contributed by atoms with Crippen LogP contribution in [0.25, 0.3) is 10.9 Å². The molecule has 0 fully saturated rings. The second kappa shape index (κ2) is 11.1. The number of pyridine rings is 1. The number of fused-ring (bicyclic) bond motifs is 1. The van der Waals surface area contributed by atoms with Crippen LogP contribution in [0.5, 0.6) is 5.75 Å². The number of ether oxygens (including phenoxy) is 1. The minimum atomic E-state index is -0.113. The van der Waals surface area contributed by atoms with Crippen LogP contribution in [0.15, 0.2) is 47.6 Å². The molecule has 1 N–H and O–H groups in total. The molecule has 0 radical (unpaired) electrons. The van der Waals surface area contributed by atoms with E-state index in [0.717, 1.165) is 22.2 Å². The maximum absolute atomic E-state index is 10.9. The zero-order valence-electron chi connectivity index (χ0n) is 19.8. The summed E-state index contributed by atoms with van der Waals surface area (Å²) in [6.45, 7) is 4.24. The number of nitrogens with zero attached hydrogens (tertiary/aromatic N) is 4. The number of hydrogen-bond acceptors (Lipinski definition) is 6. The average Bonchev–Trinajstić information content (AvgIpc) is 2.83. The second-order valence-corrected chi connectivity index (χ2v) is 8.00. The zero-order valence-corrected chi connectivity index (χ0v) is 19.8. The highest BCUT2D eigenvalue weighted by Gasteiger charge is 2.22. The summed E-state index contributed by atoms with van der Waals surface area (Å²) < 4.78 is 5.98. The van der Waals surface area contributed by atoms with Gasteiger partial charge in [0.15, 0.2) is 0 Å². The summed E-state index contributed by atoms with van der Waals surface area (Å²) in [4.78, 5) is 21.4. The van der Waals surface area contributed by atoms with Crippen molar-refractivity contribution in [2.45, 2.75) is 26.3 Å². The van der Waals surface area contributed by atoms with Crippen LogP contribution in [0.4, 0.5) is 11.4 Å². The molecule has 172 valence electrons. The number of hydrogen-bond donors (Lipinski definition) is 1. The quantitative estimate of drug-likeness (QED) is 0.283. The first-order valence-corrected chi connectivity index (χ1v) is 10.9. The molecule has 1 aromatic heterocycles. The third-order valence-corrected chi connectivity index (χ3v) is 5.46. The first-order valence-electron chi connectivity index (χ1n) is 10.9. The molecule has 0 aliphatic carbocycles. The lowest BCUT2D eigenvalue weighted by atomic mass is 9.96. The highest BCUT2D eigenvalue weighted by atomic mass is 16.5. The molecule has 0 spiro atoms. The molecule has 1 unspecified atom stereocenters. The fraction of sp³-hybridized carbons (Fsp3) is 0.259. The van der Waals surface area contributed by atoms with Crippen molar-refractivity contribution in [1.82, 2.24) is 9.88 Å². The Bertz CT molecular complexity index is 1320. The molecular weight excluding hydrogens is 426 g/mol. The van der Waals surface area contributed by atoms with Gasteiger partial charge in [0, 0.05) is 52.6 Å². The fourth-order valence-corrected chi connectivity index (χ4v) is 3.82. The molecule has 0 aliphatic rings. The smallest absolute Gasteiger partial charge is 0.232 e. The van der Waals surface area contributed by atoms with Gasteiger partial charge in [-0.15, -0.1) is 6.42 Å². The highest BCUT2D eigenvalue weighted by molar-refractivity contribution is 5.97. The molecule has 0 aliphatic heterocycles. The van der Waals surface area contributed by atoms with Crippen molar-refractivity contribution in [3.05, 3.63) is 59.3 Å². The van der Waals surface area contributed by atoms with E-state index in [-0.39, 0.29) is 6.04 Å². The lowest BCUT2D eigenvalue weighted by Crippen LogP contribution is -2.23. The van der Waals surface area contributed by atoms with E-state index in [2.05, 4.69) is 32.2 Å². The van der Waals surface area contributed by atoms with Gasteiger partial charge >= 0.3 is 0 Å². The SMILES string of the molecule is C#Cc1cccc(Nc2c(C#N)cnc3cc(OCC)c(C(CC(C)=NC=O)N(C)C)cc23)c1. The number of carbonyl (C=O) groups excluding carboxylic acids is 1. The van der Waals surface area contributed by atoms with Crippen molar-refractivity contribution in [3.63, 3.8) is 0 Å². The lowest BCUT2D eigenvalue weighted by Gasteiger charge is -2.27. The Morgan fingerprint density at radius 1 is 1.35 bits per heavy atom. The number of anilines is 2. The van der Waals surface area contributed by atoms with Crippen molar-refractivity contribution in [3.8, 4) is 24.2 Å². The van der Waals surface area contributed by atoms with Crippen LogP contribution >= 0.6 is 0 Å². The molecule has 1 amide bonds. The van der Waals surface area contributed by atoms with Crippen molar-refractivity contribution < 1.29 is 9.53 Å². The largest absolute Gasteiger partial charge is 0.493 e. The van der Waals surface area contributed by atoms with Crippen molar-refractivity contribution in [2.75, 3.05) is 26.0 Å². The summed E-state index contributed by atoms with van der Waals surface area (Å²) in [7, 11) is 3.93. The maximum Gasteiger partial charge on any atom is 0.232 e. The van der Waals surface area contributed by atoms with Crippen LogP contribution in [0.3, 0.4) is 0 Å². The summed E-state index contributed by atoms with van der Waals surface area (Å²) in [6, 6.07) is 13.5. The Labute approximate surface area is 200 Å². The topological polar surface area (TPSA) is 90.6 Å². The number of benzene rings is 2. The van der Waals surface area contributed by atoms with E-state index in [9.17, 15) is 10.1 Å². The second-order valence-electron chi connectivity index (χ2n) is 8.00. The average molecular weight is 454 g/mol. The van der Waals surface area contributed by atoms with Crippen LogP contribution in [0, 0.1) is 23.7 Å². The summed E-state index contributed by atoms with van der Waals surface area (Å²) in [5.74, 6) is 3.33. The van der Waals surface area contributed by atoms with Gasteiger partial charge in [-0.3, -0.25) is 9.78 Å². The molecule has 7 heteroatoms. The van der Waals surface area contributed by atoms with E-state index in [1.165, 1.54) is 0 Å². The summed E-state index contributed by atoms with van der Waals surface area (Å²) in [5.41, 5.74) is 4.88. The lowest BCUT2D eigenvalue weighted by molar-refractivity contribution is -0.106. The third-order valence-electron chi connectivity index (χ3n) is 5.46. The number of nitriles is 1. The fourth-order valence-electron chi connectivity index (χ4n) is 3.82. The summed E-state index contributed by atoms with van der Waals surface area (Å²) >= 11 is 0. The number of nitrogens with one attached hydrogen (secondary N) is 1. The summed E-state index contributed by atoms with van der Waals surface area (Å²) in [5, 5.41) is 13.9. The van der Waals surface area contributed by atoms with Gasteiger partial charge in [0.2, 0.25) is 6.41 Å². The number of rotatable bonds is 9. The Hall–Kier alpha value is -4.20.